The van der Waals surface area contributed by atoms with Crippen LogP contribution in [0.2, 0.25) is 10.0 Å². The number of anilines is 1. The van der Waals surface area contributed by atoms with Gasteiger partial charge in [0.25, 0.3) is 0 Å². The van der Waals surface area contributed by atoms with Gasteiger partial charge in [-0.05, 0) is 53.8 Å². The van der Waals surface area contributed by atoms with Crippen LogP contribution in [0.1, 0.15) is 54.6 Å². The minimum atomic E-state index is -1.75. The van der Waals surface area contributed by atoms with Gasteiger partial charge < -0.3 is 16.4 Å². The molecule has 0 aromatic heterocycles. The molecule has 1 heterocycles. The maximum atomic E-state index is 15.7. The number of nitriles is 1. The van der Waals surface area contributed by atoms with E-state index in [2.05, 4.69) is 16.7 Å². The number of rotatable bonds is 6. The highest BCUT2D eigenvalue weighted by Gasteiger charge is 2.61. The Labute approximate surface area is 241 Å². The first kappa shape index (κ1) is 29.5. The van der Waals surface area contributed by atoms with Crippen molar-refractivity contribution in [1.29, 1.82) is 5.26 Å². The van der Waals surface area contributed by atoms with Gasteiger partial charge >= 0.3 is 0 Å². The molecule has 0 radical (unpaired) electrons. The zero-order chi connectivity index (χ0) is 29.4. The lowest BCUT2D eigenvalue weighted by Gasteiger charge is -2.37. The highest BCUT2D eigenvalue weighted by molar-refractivity contribution is 6.31. The maximum Gasteiger partial charge on any atom is 0.248 e. The van der Waals surface area contributed by atoms with Gasteiger partial charge in [0.2, 0.25) is 11.8 Å². The molecule has 0 aliphatic carbocycles. The molecule has 0 bridgehead atoms. The van der Waals surface area contributed by atoms with Crippen molar-refractivity contribution in [2.45, 2.75) is 50.6 Å². The van der Waals surface area contributed by atoms with Crippen molar-refractivity contribution in [2.75, 3.05) is 5.32 Å². The first-order valence-corrected chi connectivity index (χ1v) is 13.3. The van der Waals surface area contributed by atoms with Crippen LogP contribution in [0.3, 0.4) is 0 Å². The third kappa shape index (κ3) is 5.55. The molecular weight excluding hydrogens is 557 g/mol. The second-order valence-corrected chi connectivity index (χ2v) is 12.0. The number of hydrogen-bond donors (Lipinski definition) is 3. The van der Waals surface area contributed by atoms with Crippen LogP contribution in [0.15, 0.2) is 60.7 Å². The van der Waals surface area contributed by atoms with E-state index in [-0.39, 0.29) is 37.8 Å². The molecule has 3 aromatic rings. The van der Waals surface area contributed by atoms with Gasteiger partial charge in [-0.15, -0.1) is 0 Å². The lowest BCUT2D eigenvalue weighted by Crippen LogP contribution is -2.45. The summed E-state index contributed by atoms with van der Waals surface area (Å²) in [7, 11) is 0. The van der Waals surface area contributed by atoms with Gasteiger partial charge in [0.05, 0.1) is 17.1 Å². The summed E-state index contributed by atoms with van der Waals surface area (Å²) in [5.41, 5.74) is 3.68. The fourth-order valence-electron chi connectivity index (χ4n) is 5.53. The molecule has 4 rings (SSSR count). The van der Waals surface area contributed by atoms with E-state index in [9.17, 15) is 14.9 Å². The molecule has 3 aromatic carbocycles. The Morgan fingerprint density at radius 3 is 2.42 bits per heavy atom. The topological polar surface area (TPSA) is 108 Å². The maximum absolute atomic E-state index is 15.7. The van der Waals surface area contributed by atoms with E-state index in [0.29, 0.717) is 6.42 Å². The van der Waals surface area contributed by atoms with Crippen molar-refractivity contribution in [3.8, 4) is 6.07 Å². The molecule has 4 atom stereocenters. The zero-order valence-corrected chi connectivity index (χ0v) is 23.6. The third-order valence-electron chi connectivity index (χ3n) is 7.15. The Morgan fingerprint density at radius 2 is 1.80 bits per heavy atom. The molecule has 10 heteroatoms. The van der Waals surface area contributed by atoms with Crippen molar-refractivity contribution in [2.24, 2.45) is 11.1 Å². The summed E-state index contributed by atoms with van der Waals surface area (Å²) in [6.07, 6.45) is 0.336. The predicted octanol–water partition coefficient (Wildman–Crippen LogP) is 6.33. The highest BCUT2D eigenvalue weighted by Crippen LogP contribution is 2.52. The van der Waals surface area contributed by atoms with Crippen LogP contribution in [-0.2, 0) is 10.2 Å². The van der Waals surface area contributed by atoms with Crippen LogP contribution in [-0.4, -0.2) is 23.9 Å². The minimum Gasteiger partial charge on any atom is -0.366 e. The van der Waals surface area contributed by atoms with Gasteiger partial charge in [-0.25, -0.2) is 8.78 Å². The second-order valence-electron chi connectivity index (χ2n) is 11.1. The molecule has 6 nitrogen and oxygen atoms in total. The molecule has 40 heavy (non-hydrogen) atoms. The van der Waals surface area contributed by atoms with E-state index in [1.165, 1.54) is 42.5 Å². The van der Waals surface area contributed by atoms with Gasteiger partial charge in [-0.1, -0.05) is 68.2 Å². The van der Waals surface area contributed by atoms with Gasteiger partial charge in [-0.3, -0.25) is 9.59 Å². The first-order valence-electron chi connectivity index (χ1n) is 12.6. The number of carbonyl (C=O) groups is 2. The van der Waals surface area contributed by atoms with Crippen LogP contribution >= 0.6 is 23.2 Å². The number of amides is 2. The summed E-state index contributed by atoms with van der Waals surface area (Å²) >= 11 is 12.2. The summed E-state index contributed by atoms with van der Waals surface area (Å²) in [5, 5.41) is 16.8. The quantitative estimate of drug-likeness (QED) is 0.314. The Kier molecular flexibility index (Phi) is 8.23. The van der Waals surface area contributed by atoms with Crippen LogP contribution in [0.5, 0.6) is 0 Å². The summed E-state index contributed by atoms with van der Waals surface area (Å²) < 4.78 is 31.4. The molecule has 0 saturated carbocycles. The first-order chi connectivity index (χ1) is 18.8. The molecule has 1 aliphatic heterocycles. The number of nitrogens with two attached hydrogens (primary N) is 1. The van der Waals surface area contributed by atoms with Crippen LogP contribution in [0, 0.1) is 28.4 Å². The lowest BCUT2D eigenvalue weighted by molar-refractivity contribution is -0.118. The summed E-state index contributed by atoms with van der Waals surface area (Å²) in [5.74, 6) is -4.07. The van der Waals surface area contributed by atoms with Gasteiger partial charge in [0, 0.05) is 33.8 Å². The number of primary amides is 1. The summed E-state index contributed by atoms with van der Waals surface area (Å²) in [6.45, 7) is 5.85. The van der Waals surface area contributed by atoms with Crippen molar-refractivity contribution in [1.82, 2.24) is 5.32 Å². The molecule has 1 aliphatic rings. The highest BCUT2D eigenvalue weighted by atomic mass is 35.5. The lowest BCUT2D eigenvalue weighted by atomic mass is 9.62. The smallest absolute Gasteiger partial charge is 0.248 e. The Hall–Kier alpha value is -3.51. The molecular formula is C30H28Cl2F2N4O2. The number of hydrogen-bond acceptors (Lipinski definition) is 4. The fraction of sp³-hybridized carbons (Fsp3) is 0.300. The van der Waals surface area contributed by atoms with E-state index < -0.39 is 46.9 Å². The molecule has 2 amide bonds. The Morgan fingerprint density at radius 1 is 1.10 bits per heavy atom. The fourth-order valence-corrected chi connectivity index (χ4v) is 5.87. The number of nitrogens with zero attached hydrogens (tertiary/aromatic N) is 1. The molecule has 1 saturated heterocycles. The van der Waals surface area contributed by atoms with E-state index in [0.717, 1.165) is 6.07 Å². The van der Waals surface area contributed by atoms with Crippen LogP contribution < -0.4 is 16.4 Å². The minimum absolute atomic E-state index is 0.0154. The average Bonchev–Trinajstić information content (AvgIpc) is 3.18. The van der Waals surface area contributed by atoms with Gasteiger partial charge in [0.15, 0.2) is 0 Å². The van der Waals surface area contributed by atoms with Crippen molar-refractivity contribution < 1.29 is 18.4 Å². The number of halogens is 4. The van der Waals surface area contributed by atoms with Crippen molar-refractivity contribution >= 4 is 40.7 Å². The number of benzene rings is 3. The molecule has 4 N–H and O–H groups in total. The molecule has 208 valence electrons. The normalized spacial score (nSPS) is 22.5. The van der Waals surface area contributed by atoms with E-state index in [4.69, 9.17) is 28.9 Å². The van der Waals surface area contributed by atoms with E-state index in [1.54, 1.807) is 12.1 Å². The molecule has 0 unspecified atom stereocenters. The van der Waals surface area contributed by atoms with Crippen molar-refractivity contribution in [3.63, 3.8) is 0 Å². The van der Waals surface area contributed by atoms with Gasteiger partial charge in [-0.2, -0.15) is 5.26 Å². The number of nitrogens with one attached hydrogen (secondary N) is 2. The third-order valence-corrected chi connectivity index (χ3v) is 7.67. The molecule has 0 spiro atoms. The zero-order valence-electron chi connectivity index (χ0n) is 22.1. The largest absolute Gasteiger partial charge is 0.366 e. The standard InChI is InChI=1S/C30H28Cl2F2N4O2/c1-29(2,3)14-23-30(15-35,20-11-10-17(31)13-22(20)33)24(19-8-5-9-21(32)25(19)34)26(38-23)28(40)37-18-7-4-6-16(12-18)27(36)39/h4-13,23-24,26,38H,14H2,1-3H3,(H2,36,39)(H,37,40)/t23-,24-,26+,30-/m0/s1. The molecule has 1 fully saturated rings. The van der Waals surface area contributed by atoms with Crippen molar-refractivity contribution in [3.05, 3.63) is 99.0 Å². The Bertz CT molecular complexity index is 1520. The summed E-state index contributed by atoms with van der Waals surface area (Å²) in [4.78, 5) is 25.6. The monoisotopic (exact) mass is 584 g/mol. The number of carbonyl (C=O) groups excluding carboxylic acids is 2. The predicted molar refractivity (Wildman–Crippen MR) is 151 cm³/mol. The SMILES string of the molecule is CC(C)(C)C[C@@H]1N[C@@H](C(=O)Nc2cccc(C(N)=O)c2)[C@H](c2cccc(Cl)c2F)[C@@]1(C#N)c1ccc(Cl)cc1F. The average molecular weight is 585 g/mol. The van der Waals surface area contributed by atoms with Crippen LogP contribution in [0.25, 0.3) is 0 Å². The van der Waals surface area contributed by atoms with Crippen LogP contribution in [0.4, 0.5) is 14.5 Å². The summed E-state index contributed by atoms with van der Waals surface area (Å²) in [6, 6.07) is 14.6. The van der Waals surface area contributed by atoms with E-state index >= 15 is 8.78 Å². The second kappa shape index (κ2) is 11.2. The van der Waals surface area contributed by atoms with Gasteiger partial charge in [0.1, 0.15) is 17.0 Å². The Balaban J connectivity index is 1.95. The van der Waals surface area contributed by atoms with E-state index in [1.807, 2.05) is 20.8 Å².